The van der Waals surface area contributed by atoms with Crippen molar-refractivity contribution in [1.29, 1.82) is 0 Å². The fourth-order valence-corrected chi connectivity index (χ4v) is 2.62. The molecule has 100 valence electrons. The van der Waals surface area contributed by atoms with Crippen molar-refractivity contribution < 1.29 is 4.79 Å². The van der Waals surface area contributed by atoms with Crippen molar-refractivity contribution >= 4 is 17.7 Å². The number of hydrogen-bond donors (Lipinski definition) is 0. The molecular formula is C15H23NOS. The van der Waals surface area contributed by atoms with Crippen LogP contribution in [0.5, 0.6) is 0 Å². The van der Waals surface area contributed by atoms with Crippen molar-refractivity contribution in [2.45, 2.75) is 32.4 Å². The Morgan fingerprint density at radius 1 is 1.22 bits per heavy atom. The Bertz CT molecular complexity index is 340. The minimum absolute atomic E-state index is 0.270. The van der Waals surface area contributed by atoms with Gasteiger partial charge in [-0.05, 0) is 18.9 Å². The lowest BCUT2D eigenvalue weighted by Crippen LogP contribution is -2.33. The lowest BCUT2D eigenvalue weighted by atomic mass is 10.2. The van der Waals surface area contributed by atoms with Gasteiger partial charge in [-0.1, -0.05) is 43.7 Å². The standard InChI is InChI=1S/C15H23NOS/c1-3-5-11-16(4-2)15(17)13-18-12-14-9-7-6-8-10-14/h6-10H,3-5,11-13H2,1-2H3. The third-order valence-corrected chi connectivity index (χ3v) is 3.84. The number of rotatable bonds is 8. The minimum atomic E-state index is 0.270. The first-order valence-electron chi connectivity index (χ1n) is 6.67. The highest BCUT2D eigenvalue weighted by molar-refractivity contribution is 7.99. The summed E-state index contributed by atoms with van der Waals surface area (Å²) in [6.07, 6.45) is 2.24. The molecule has 1 rings (SSSR count). The summed E-state index contributed by atoms with van der Waals surface area (Å²) in [6, 6.07) is 10.3. The molecule has 1 aromatic rings. The van der Waals surface area contributed by atoms with Gasteiger partial charge in [0.2, 0.25) is 5.91 Å². The van der Waals surface area contributed by atoms with Crippen LogP contribution in [0.25, 0.3) is 0 Å². The molecule has 0 saturated carbocycles. The van der Waals surface area contributed by atoms with E-state index in [1.807, 2.05) is 23.1 Å². The Labute approximate surface area is 115 Å². The van der Waals surface area contributed by atoms with Crippen LogP contribution in [0.2, 0.25) is 0 Å². The first-order chi connectivity index (χ1) is 8.77. The SMILES string of the molecule is CCCCN(CC)C(=O)CSCc1ccccc1. The lowest BCUT2D eigenvalue weighted by molar-refractivity contribution is -0.128. The maximum Gasteiger partial charge on any atom is 0.232 e. The molecule has 0 radical (unpaired) electrons. The Hall–Kier alpha value is -0.960. The van der Waals surface area contributed by atoms with E-state index in [1.165, 1.54) is 5.56 Å². The summed E-state index contributed by atoms with van der Waals surface area (Å²) in [5.41, 5.74) is 1.28. The predicted molar refractivity (Wildman–Crippen MR) is 79.8 cm³/mol. The molecule has 0 fully saturated rings. The van der Waals surface area contributed by atoms with E-state index in [-0.39, 0.29) is 5.91 Å². The molecule has 0 bridgehead atoms. The van der Waals surface area contributed by atoms with Crippen LogP contribution in [0.4, 0.5) is 0 Å². The summed E-state index contributed by atoms with van der Waals surface area (Å²) in [5.74, 6) is 1.77. The van der Waals surface area contributed by atoms with Gasteiger partial charge in [0.1, 0.15) is 0 Å². The fraction of sp³-hybridized carbons (Fsp3) is 0.533. The van der Waals surface area contributed by atoms with E-state index in [1.54, 1.807) is 11.8 Å². The molecule has 0 spiro atoms. The first-order valence-corrected chi connectivity index (χ1v) is 7.82. The Kier molecular flexibility index (Phi) is 7.58. The number of amides is 1. The maximum absolute atomic E-state index is 12.0. The van der Waals surface area contributed by atoms with Gasteiger partial charge in [-0.15, -0.1) is 11.8 Å². The van der Waals surface area contributed by atoms with Crippen LogP contribution in [0.1, 0.15) is 32.3 Å². The van der Waals surface area contributed by atoms with E-state index < -0.39 is 0 Å². The van der Waals surface area contributed by atoms with Crippen LogP contribution >= 0.6 is 11.8 Å². The maximum atomic E-state index is 12.0. The second-order valence-electron chi connectivity index (χ2n) is 4.31. The van der Waals surface area contributed by atoms with Crippen LogP contribution in [0.15, 0.2) is 30.3 Å². The van der Waals surface area contributed by atoms with Gasteiger partial charge >= 0.3 is 0 Å². The van der Waals surface area contributed by atoms with Crippen LogP contribution in [0.3, 0.4) is 0 Å². The van der Waals surface area contributed by atoms with Crippen molar-refractivity contribution in [3.63, 3.8) is 0 Å². The number of unbranched alkanes of at least 4 members (excludes halogenated alkanes) is 1. The molecule has 18 heavy (non-hydrogen) atoms. The van der Waals surface area contributed by atoms with E-state index in [4.69, 9.17) is 0 Å². The van der Waals surface area contributed by atoms with Gasteiger partial charge in [-0.25, -0.2) is 0 Å². The number of nitrogens with zero attached hydrogens (tertiary/aromatic N) is 1. The molecule has 1 amide bonds. The number of hydrogen-bond acceptors (Lipinski definition) is 2. The zero-order chi connectivity index (χ0) is 13.2. The van der Waals surface area contributed by atoms with Crippen LogP contribution in [-0.2, 0) is 10.5 Å². The summed E-state index contributed by atoms with van der Waals surface area (Å²) >= 11 is 1.70. The summed E-state index contributed by atoms with van der Waals surface area (Å²) < 4.78 is 0. The highest BCUT2D eigenvalue weighted by Crippen LogP contribution is 2.12. The van der Waals surface area contributed by atoms with Gasteiger partial charge in [0, 0.05) is 18.8 Å². The van der Waals surface area contributed by atoms with Crippen molar-refractivity contribution in [1.82, 2.24) is 4.90 Å². The zero-order valence-electron chi connectivity index (χ0n) is 11.4. The number of carbonyl (C=O) groups is 1. The van der Waals surface area contributed by atoms with E-state index in [0.717, 1.165) is 31.7 Å². The molecule has 0 aliphatic carbocycles. The molecule has 0 heterocycles. The fourth-order valence-electron chi connectivity index (χ4n) is 1.73. The van der Waals surface area contributed by atoms with Crippen LogP contribution in [0, 0.1) is 0 Å². The number of carbonyl (C=O) groups excluding carboxylic acids is 1. The van der Waals surface area contributed by atoms with Crippen molar-refractivity contribution in [3.8, 4) is 0 Å². The van der Waals surface area contributed by atoms with Gasteiger partial charge in [0.25, 0.3) is 0 Å². The Morgan fingerprint density at radius 3 is 2.56 bits per heavy atom. The summed E-state index contributed by atoms with van der Waals surface area (Å²) in [4.78, 5) is 13.9. The smallest absolute Gasteiger partial charge is 0.232 e. The molecule has 0 unspecified atom stereocenters. The first kappa shape index (κ1) is 15.1. The molecule has 2 nitrogen and oxygen atoms in total. The predicted octanol–water partition coefficient (Wildman–Crippen LogP) is 3.57. The molecule has 1 aromatic carbocycles. The van der Waals surface area contributed by atoms with Gasteiger partial charge in [0.05, 0.1) is 5.75 Å². The van der Waals surface area contributed by atoms with Crippen molar-refractivity contribution in [3.05, 3.63) is 35.9 Å². The summed E-state index contributed by atoms with van der Waals surface area (Å²) in [5, 5.41) is 0. The average molecular weight is 265 g/mol. The topological polar surface area (TPSA) is 20.3 Å². The Morgan fingerprint density at radius 2 is 1.94 bits per heavy atom. The summed E-state index contributed by atoms with van der Waals surface area (Å²) in [7, 11) is 0. The van der Waals surface area contributed by atoms with E-state index in [2.05, 4.69) is 26.0 Å². The van der Waals surface area contributed by atoms with Crippen molar-refractivity contribution in [2.75, 3.05) is 18.8 Å². The van der Waals surface area contributed by atoms with E-state index >= 15 is 0 Å². The third-order valence-electron chi connectivity index (χ3n) is 2.85. The lowest BCUT2D eigenvalue weighted by Gasteiger charge is -2.20. The minimum Gasteiger partial charge on any atom is -0.342 e. The highest BCUT2D eigenvalue weighted by atomic mass is 32.2. The number of thioether (sulfide) groups is 1. The molecule has 0 aliphatic rings. The largest absolute Gasteiger partial charge is 0.342 e. The van der Waals surface area contributed by atoms with Crippen molar-refractivity contribution in [2.24, 2.45) is 0 Å². The highest BCUT2D eigenvalue weighted by Gasteiger charge is 2.10. The zero-order valence-corrected chi connectivity index (χ0v) is 12.2. The second kappa shape index (κ2) is 9.03. The molecule has 0 saturated heterocycles. The van der Waals surface area contributed by atoms with Gasteiger partial charge in [-0.3, -0.25) is 4.79 Å². The Balaban J connectivity index is 2.27. The quantitative estimate of drug-likeness (QED) is 0.716. The molecule has 3 heteroatoms. The third kappa shape index (κ3) is 5.58. The molecular weight excluding hydrogens is 242 g/mol. The average Bonchev–Trinajstić information content (AvgIpc) is 2.41. The molecule has 0 aromatic heterocycles. The second-order valence-corrected chi connectivity index (χ2v) is 5.29. The van der Waals surface area contributed by atoms with Gasteiger partial charge in [0.15, 0.2) is 0 Å². The monoisotopic (exact) mass is 265 g/mol. The van der Waals surface area contributed by atoms with Crippen LogP contribution < -0.4 is 0 Å². The van der Waals surface area contributed by atoms with Crippen LogP contribution in [-0.4, -0.2) is 29.6 Å². The van der Waals surface area contributed by atoms with E-state index in [0.29, 0.717) is 5.75 Å². The van der Waals surface area contributed by atoms with Gasteiger partial charge < -0.3 is 4.90 Å². The van der Waals surface area contributed by atoms with E-state index in [9.17, 15) is 4.79 Å². The number of benzene rings is 1. The molecule has 0 N–H and O–H groups in total. The molecule has 0 aliphatic heterocycles. The normalized spacial score (nSPS) is 10.3. The summed E-state index contributed by atoms with van der Waals surface area (Å²) in [6.45, 7) is 5.93. The van der Waals surface area contributed by atoms with Gasteiger partial charge in [-0.2, -0.15) is 0 Å². The molecule has 0 atom stereocenters.